The Labute approximate surface area is 128 Å². The number of aliphatic hydroxyl groups is 1. The molecule has 0 bridgehead atoms. The van der Waals surface area contributed by atoms with Crippen LogP contribution in [-0.4, -0.2) is 41.1 Å². The predicted octanol–water partition coefficient (Wildman–Crippen LogP) is 2.54. The molecule has 1 heterocycles. The van der Waals surface area contributed by atoms with Gasteiger partial charge in [0.15, 0.2) is 0 Å². The minimum absolute atomic E-state index is 0.0481. The molecule has 20 heavy (non-hydrogen) atoms. The number of anilines is 1. The van der Waals surface area contributed by atoms with Crippen LogP contribution in [0, 0.1) is 6.92 Å². The van der Waals surface area contributed by atoms with Gasteiger partial charge in [-0.2, -0.15) is 0 Å². The predicted molar refractivity (Wildman–Crippen MR) is 83.8 cm³/mol. The van der Waals surface area contributed by atoms with E-state index >= 15 is 0 Å². The van der Waals surface area contributed by atoms with E-state index < -0.39 is 5.60 Å². The summed E-state index contributed by atoms with van der Waals surface area (Å²) in [6.45, 7) is 5.56. The molecule has 1 fully saturated rings. The maximum Gasteiger partial charge on any atom is 0.238 e. The van der Waals surface area contributed by atoms with Gasteiger partial charge in [0.25, 0.3) is 0 Å². The van der Waals surface area contributed by atoms with Crippen LogP contribution in [0.3, 0.4) is 0 Å². The Kier molecular flexibility index (Phi) is 4.83. The summed E-state index contributed by atoms with van der Waals surface area (Å²) in [7, 11) is 0. The Hall–Kier alpha value is -0.910. The lowest BCUT2D eigenvalue weighted by Gasteiger charge is -2.46. The van der Waals surface area contributed by atoms with E-state index in [1.165, 1.54) is 0 Å². The summed E-state index contributed by atoms with van der Waals surface area (Å²) < 4.78 is 0.886. The number of β-amino-alcohol motifs (C(OH)–C–C–N with tert-alkyl or cyclic N) is 1. The van der Waals surface area contributed by atoms with Crippen molar-refractivity contribution in [2.45, 2.75) is 32.3 Å². The van der Waals surface area contributed by atoms with E-state index in [9.17, 15) is 9.90 Å². The second-order valence-electron chi connectivity index (χ2n) is 5.65. The zero-order valence-corrected chi connectivity index (χ0v) is 13.5. The number of carbonyl (C=O) groups is 1. The van der Waals surface area contributed by atoms with Crippen molar-refractivity contribution < 1.29 is 9.90 Å². The van der Waals surface area contributed by atoms with Gasteiger partial charge in [0.05, 0.1) is 17.8 Å². The van der Waals surface area contributed by atoms with E-state index in [-0.39, 0.29) is 5.91 Å². The first-order chi connectivity index (χ1) is 9.42. The molecule has 4 nitrogen and oxygen atoms in total. The van der Waals surface area contributed by atoms with E-state index in [1.807, 2.05) is 30.0 Å². The lowest BCUT2D eigenvalue weighted by molar-refractivity contribution is -0.129. The molecule has 5 heteroatoms. The van der Waals surface area contributed by atoms with Gasteiger partial charge in [0.1, 0.15) is 0 Å². The van der Waals surface area contributed by atoms with Gasteiger partial charge < -0.3 is 10.4 Å². The number of halogens is 1. The first-order valence-corrected chi connectivity index (χ1v) is 7.72. The average molecular weight is 341 g/mol. The number of nitrogens with one attached hydrogen (secondary N) is 1. The Morgan fingerprint density at radius 1 is 1.50 bits per heavy atom. The molecule has 1 aliphatic heterocycles. The lowest BCUT2D eigenvalue weighted by atomic mass is 9.89. The SMILES string of the molecule is CCCC1(O)CN(CC(=O)Nc2ccc(C)cc2Br)C1. The third-order valence-corrected chi connectivity index (χ3v) is 4.17. The number of nitrogens with zero attached hydrogens (tertiary/aromatic N) is 1. The third kappa shape index (κ3) is 3.81. The summed E-state index contributed by atoms with van der Waals surface area (Å²) in [6.07, 6.45) is 1.77. The Morgan fingerprint density at radius 3 is 2.80 bits per heavy atom. The number of hydrogen-bond donors (Lipinski definition) is 2. The number of benzene rings is 1. The zero-order chi connectivity index (χ0) is 14.8. The smallest absolute Gasteiger partial charge is 0.238 e. The molecule has 2 N–H and O–H groups in total. The normalized spacial score (nSPS) is 17.6. The number of rotatable bonds is 5. The molecule has 1 aliphatic rings. The highest BCUT2D eigenvalue weighted by molar-refractivity contribution is 9.10. The molecule has 1 aromatic rings. The molecule has 0 radical (unpaired) electrons. The monoisotopic (exact) mass is 340 g/mol. The van der Waals surface area contributed by atoms with Crippen molar-refractivity contribution in [1.29, 1.82) is 0 Å². The number of amides is 1. The first-order valence-electron chi connectivity index (χ1n) is 6.92. The van der Waals surface area contributed by atoms with Crippen LogP contribution >= 0.6 is 15.9 Å². The van der Waals surface area contributed by atoms with Crippen molar-refractivity contribution in [3.8, 4) is 0 Å². The maximum atomic E-state index is 12.0. The number of hydrogen-bond acceptors (Lipinski definition) is 3. The molecular formula is C15H21BrN2O2. The Balaban J connectivity index is 1.82. The van der Waals surface area contributed by atoms with Crippen molar-refractivity contribution in [1.82, 2.24) is 4.90 Å². The largest absolute Gasteiger partial charge is 0.387 e. The molecule has 1 amide bonds. The minimum atomic E-state index is -0.584. The quantitative estimate of drug-likeness (QED) is 0.865. The topological polar surface area (TPSA) is 52.6 Å². The summed E-state index contributed by atoms with van der Waals surface area (Å²) in [6, 6.07) is 5.82. The molecule has 1 aromatic carbocycles. The van der Waals surface area contributed by atoms with Crippen LogP contribution in [0.2, 0.25) is 0 Å². The van der Waals surface area contributed by atoms with Crippen molar-refractivity contribution >= 4 is 27.5 Å². The number of aryl methyl sites for hydroxylation is 1. The molecule has 0 aromatic heterocycles. The van der Waals surface area contributed by atoms with Gasteiger partial charge in [-0.1, -0.05) is 19.4 Å². The zero-order valence-electron chi connectivity index (χ0n) is 11.9. The van der Waals surface area contributed by atoms with E-state index in [2.05, 4.69) is 28.2 Å². The van der Waals surface area contributed by atoms with Crippen molar-refractivity contribution in [3.63, 3.8) is 0 Å². The van der Waals surface area contributed by atoms with E-state index in [0.717, 1.165) is 28.6 Å². The second kappa shape index (κ2) is 6.24. The van der Waals surface area contributed by atoms with Gasteiger partial charge in [-0.05, 0) is 47.0 Å². The van der Waals surface area contributed by atoms with Crippen LogP contribution in [0.5, 0.6) is 0 Å². The Bertz CT molecular complexity index is 499. The van der Waals surface area contributed by atoms with Gasteiger partial charge in [0, 0.05) is 17.6 Å². The fraction of sp³-hybridized carbons (Fsp3) is 0.533. The molecular weight excluding hydrogens is 320 g/mol. The summed E-state index contributed by atoms with van der Waals surface area (Å²) in [5, 5.41) is 13.0. The molecule has 0 aliphatic carbocycles. The summed E-state index contributed by atoms with van der Waals surface area (Å²) >= 11 is 3.44. The second-order valence-corrected chi connectivity index (χ2v) is 6.51. The molecule has 110 valence electrons. The summed E-state index contributed by atoms with van der Waals surface area (Å²) in [5.41, 5.74) is 1.34. The van der Waals surface area contributed by atoms with Crippen LogP contribution in [0.15, 0.2) is 22.7 Å². The van der Waals surface area contributed by atoms with Crippen molar-refractivity contribution in [2.75, 3.05) is 25.0 Å². The molecule has 0 unspecified atom stereocenters. The highest BCUT2D eigenvalue weighted by Crippen LogP contribution is 2.26. The number of likely N-dealkylation sites (tertiary alicyclic amines) is 1. The molecule has 1 saturated heterocycles. The first kappa shape index (κ1) is 15.5. The van der Waals surface area contributed by atoms with Gasteiger partial charge in [-0.15, -0.1) is 0 Å². The fourth-order valence-electron chi connectivity index (χ4n) is 2.64. The van der Waals surface area contributed by atoms with E-state index in [1.54, 1.807) is 0 Å². The van der Waals surface area contributed by atoms with Gasteiger partial charge in [0.2, 0.25) is 5.91 Å². The van der Waals surface area contributed by atoms with Crippen LogP contribution in [0.1, 0.15) is 25.3 Å². The van der Waals surface area contributed by atoms with Crippen LogP contribution in [-0.2, 0) is 4.79 Å². The average Bonchev–Trinajstić information content (AvgIpc) is 2.31. The van der Waals surface area contributed by atoms with Crippen molar-refractivity contribution in [3.05, 3.63) is 28.2 Å². The highest BCUT2D eigenvalue weighted by Gasteiger charge is 2.40. The maximum absolute atomic E-state index is 12.0. The van der Waals surface area contributed by atoms with Gasteiger partial charge >= 0.3 is 0 Å². The van der Waals surface area contributed by atoms with E-state index in [4.69, 9.17) is 0 Å². The number of carbonyl (C=O) groups excluding carboxylic acids is 1. The minimum Gasteiger partial charge on any atom is -0.387 e. The third-order valence-electron chi connectivity index (χ3n) is 3.52. The standard InChI is InChI=1S/C15H21BrN2O2/c1-3-6-15(20)9-18(10-15)8-14(19)17-13-5-4-11(2)7-12(13)16/h4-5,7,20H,3,6,8-10H2,1-2H3,(H,17,19). The van der Waals surface area contributed by atoms with Crippen LogP contribution < -0.4 is 5.32 Å². The molecule has 0 atom stereocenters. The molecule has 0 spiro atoms. The van der Waals surface area contributed by atoms with E-state index in [0.29, 0.717) is 19.6 Å². The Morgan fingerprint density at radius 2 is 2.20 bits per heavy atom. The summed E-state index contributed by atoms with van der Waals surface area (Å²) in [5.74, 6) is -0.0481. The van der Waals surface area contributed by atoms with Gasteiger partial charge in [-0.25, -0.2) is 0 Å². The van der Waals surface area contributed by atoms with Crippen LogP contribution in [0.4, 0.5) is 5.69 Å². The molecule has 2 rings (SSSR count). The highest BCUT2D eigenvalue weighted by atomic mass is 79.9. The molecule has 0 saturated carbocycles. The van der Waals surface area contributed by atoms with Gasteiger partial charge in [-0.3, -0.25) is 9.69 Å². The van der Waals surface area contributed by atoms with Crippen LogP contribution in [0.25, 0.3) is 0 Å². The van der Waals surface area contributed by atoms with Crippen molar-refractivity contribution in [2.24, 2.45) is 0 Å². The lowest BCUT2D eigenvalue weighted by Crippen LogP contribution is -2.62. The fourth-order valence-corrected chi connectivity index (χ4v) is 3.23. The summed E-state index contributed by atoms with van der Waals surface area (Å²) in [4.78, 5) is 13.9.